The summed E-state index contributed by atoms with van der Waals surface area (Å²) in [6.07, 6.45) is 0. The van der Waals surface area contributed by atoms with Gasteiger partial charge < -0.3 is 14.6 Å². The van der Waals surface area contributed by atoms with E-state index in [2.05, 4.69) is 15.5 Å². The average molecular weight is 434 g/mol. The first kappa shape index (κ1) is 20.6. The van der Waals surface area contributed by atoms with Crippen LogP contribution >= 0.6 is 23.4 Å². The van der Waals surface area contributed by atoms with Gasteiger partial charge in [0.1, 0.15) is 12.4 Å². The number of non-ortho nitro benzene ring substituents is 1. The minimum atomic E-state index is -0.556. The van der Waals surface area contributed by atoms with Crippen LogP contribution in [-0.2, 0) is 18.4 Å². The fourth-order valence-corrected chi connectivity index (χ4v) is 3.19. The Balaban J connectivity index is 1.56. The lowest BCUT2D eigenvalue weighted by Crippen LogP contribution is -2.15. The maximum atomic E-state index is 12.2. The Hall–Kier alpha value is -3.11. The first-order chi connectivity index (χ1) is 13.9. The number of halogens is 1. The highest BCUT2D eigenvalue weighted by Crippen LogP contribution is 2.27. The van der Waals surface area contributed by atoms with E-state index in [1.807, 2.05) is 30.3 Å². The third-order valence-corrected chi connectivity index (χ3v) is 5.15. The highest BCUT2D eigenvalue weighted by molar-refractivity contribution is 7.99. The second-order valence-electron chi connectivity index (χ2n) is 5.82. The number of para-hydroxylation sites is 1. The topological polar surface area (TPSA) is 112 Å². The van der Waals surface area contributed by atoms with Crippen molar-refractivity contribution in [2.24, 2.45) is 7.05 Å². The van der Waals surface area contributed by atoms with Gasteiger partial charge in [-0.3, -0.25) is 14.9 Å². The van der Waals surface area contributed by atoms with Crippen LogP contribution in [0.1, 0.15) is 5.82 Å². The molecular weight excluding hydrogens is 418 g/mol. The van der Waals surface area contributed by atoms with Gasteiger partial charge in [0, 0.05) is 19.2 Å². The van der Waals surface area contributed by atoms with E-state index in [0.29, 0.717) is 11.0 Å². The monoisotopic (exact) mass is 433 g/mol. The molecule has 1 aromatic heterocycles. The van der Waals surface area contributed by atoms with E-state index in [4.69, 9.17) is 16.3 Å². The number of nitro groups is 1. The van der Waals surface area contributed by atoms with Gasteiger partial charge in [-0.05, 0) is 18.2 Å². The van der Waals surface area contributed by atoms with Crippen LogP contribution in [0.5, 0.6) is 5.75 Å². The molecule has 0 spiro atoms. The second kappa shape index (κ2) is 9.39. The van der Waals surface area contributed by atoms with Crippen LogP contribution in [0, 0.1) is 10.1 Å². The molecule has 1 amide bonds. The minimum Gasteiger partial charge on any atom is -0.486 e. The lowest BCUT2D eigenvalue weighted by molar-refractivity contribution is -0.384. The molecule has 29 heavy (non-hydrogen) atoms. The molecule has 3 rings (SSSR count). The first-order valence-electron chi connectivity index (χ1n) is 8.36. The van der Waals surface area contributed by atoms with E-state index in [-0.39, 0.29) is 34.7 Å². The van der Waals surface area contributed by atoms with Crippen molar-refractivity contribution in [2.75, 3.05) is 11.1 Å². The SMILES string of the molecule is Cn1c(COc2ccccc2)nnc1SCC(=O)Nc1cc([N+](=O)[O-])ccc1Cl. The molecule has 0 aliphatic carbocycles. The second-order valence-corrected chi connectivity index (χ2v) is 7.17. The van der Waals surface area contributed by atoms with Gasteiger partial charge in [-0.2, -0.15) is 0 Å². The molecule has 0 saturated carbocycles. The fraction of sp³-hybridized carbons (Fsp3) is 0.167. The zero-order valence-electron chi connectivity index (χ0n) is 15.2. The number of thioether (sulfide) groups is 1. The molecular formula is C18H16ClN5O4S. The average Bonchev–Trinajstić information content (AvgIpc) is 3.06. The summed E-state index contributed by atoms with van der Waals surface area (Å²) < 4.78 is 7.39. The van der Waals surface area contributed by atoms with Crippen LogP contribution in [0.25, 0.3) is 0 Å². The lowest BCUT2D eigenvalue weighted by Gasteiger charge is -2.08. The number of amides is 1. The normalized spacial score (nSPS) is 10.6. The van der Waals surface area contributed by atoms with E-state index >= 15 is 0 Å². The molecule has 150 valence electrons. The van der Waals surface area contributed by atoms with E-state index in [0.717, 1.165) is 5.75 Å². The summed E-state index contributed by atoms with van der Waals surface area (Å²) in [6.45, 7) is 0.240. The molecule has 0 radical (unpaired) electrons. The van der Waals surface area contributed by atoms with Crippen LogP contribution in [0.2, 0.25) is 5.02 Å². The molecule has 0 saturated heterocycles. The number of rotatable bonds is 8. The summed E-state index contributed by atoms with van der Waals surface area (Å²) in [4.78, 5) is 22.5. The number of ether oxygens (including phenoxy) is 1. The molecule has 0 aliphatic heterocycles. The Morgan fingerprint density at radius 3 is 2.76 bits per heavy atom. The summed E-state index contributed by atoms with van der Waals surface area (Å²) >= 11 is 7.17. The van der Waals surface area contributed by atoms with Crippen molar-refractivity contribution in [3.8, 4) is 5.75 Å². The number of hydrogen-bond acceptors (Lipinski definition) is 7. The molecule has 11 heteroatoms. The summed E-state index contributed by atoms with van der Waals surface area (Å²) in [6, 6.07) is 13.2. The Morgan fingerprint density at radius 1 is 1.28 bits per heavy atom. The molecule has 9 nitrogen and oxygen atoms in total. The van der Waals surface area contributed by atoms with Gasteiger partial charge in [0.15, 0.2) is 11.0 Å². The Morgan fingerprint density at radius 2 is 2.03 bits per heavy atom. The van der Waals surface area contributed by atoms with Gasteiger partial charge in [-0.25, -0.2) is 0 Å². The Labute approximate surface area is 175 Å². The number of carbonyl (C=O) groups excluding carboxylic acids is 1. The van der Waals surface area contributed by atoms with Crippen molar-refractivity contribution in [2.45, 2.75) is 11.8 Å². The van der Waals surface area contributed by atoms with E-state index < -0.39 is 4.92 Å². The summed E-state index contributed by atoms with van der Waals surface area (Å²) in [5, 5.41) is 22.3. The van der Waals surface area contributed by atoms with Crippen molar-refractivity contribution in [1.29, 1.82) is 0 Å². The van der Waals surface area contributed by atoms with Gasteiger partial charge in [-0.15, -0.1) is 10.2 Å². The third-order valence-electron chi connectivity index (χ3n) is 3.80. The number of anilines is 1. The standard InChI is InChI=1S/C18H16ClN5O4S/c1-23-16(10-28-13-5-3-2-4-6-13)21-22-18(23)29-11-17(25)20-15-9-12(24(26)27)7-8-14(15)19/h2-9H,10-11H2,1H3,(H,20,25). The zero-order chi connectivity index (χ0) is 20.8. The first-order valence-corrected chi connectivity index (χ1v) is 9.73. The van der Waals surface area contributed by atoms with Gasteiger partial charge >= 0.3 is 0 Å². The van der Waals surface area contributed by atoms with Crippen LogP contribution < -0.4 is 10.1 Å². The molecule has 0 aliphatic rings. The maximum absolute atomic E-state index is 12.2. The Kier molecular flexibility index (Phi) is 6.68. The highest BCUT2D eigenvalue weighted by atomic mass is 35.5. The van der Waals surface area contributed by atoms with Crippen LogP contribution in [0.3, 0.4) is 0 Å². The highest BCUT2D eigenvalue weighted by Gasteiger charge is 2.15. The number of hydrogen-bond donors (Lipinski definition) is 1. The van der Waals surface area contributed by atoms with Crippen LogP contribution in [0.4, 0.5) is 11.4 Å². The van der Waals surface area contributed by atoms with Gasteiger partial charge in [0.25, 0.3) is 5.69 Å². The van der Waals surface area contributed by atoms with Crippen molar-refractivity contribution in [1.82, 2.24) is 14.8 Å². The lowest BCUT2D eigenvalue weighted by atomic mass is 10.3. The largest absolute Gasteiger partial charge is 0.486 e. The number of nitro benzene ring substituents is 1. The van der Waals surface area contributed by atoms with Crippen molar-refractivity contribution in [3.05, 3.63) is 69.5 Å². The molecule has 0 bridgehead atoms. The van der Waals surface area contributed by atoms with Crippen LogP contribution in [0.15, 0.2) is 53.7 Å². The van der Waals surface area contributed by atoms with E-state index in [1.165, 1.54) is 30.0 Å². The maximum Gasteiger partial charge on any atom is 0.271 e. The predicted octanol–water partition coefficient (Wildman–Crippen LogP) is 3.69. The molecule has 0 atom stereocenters. The quantitative estimate of drug-likeness (QED) is 0.327. The van der Waals surface area contributed by atoms with Crippen LogP contribution in [-0.4, -0.2) is 31.3 Å². The Bertz CT molecular complexity index is 1030. The number of aromatic nitrogens is 3. The van der Waals surface area contributed by atoms with Gasteiger partial charge in [0.2, 0.25) is 5.91 Å². The zero-order valence-corrected chi connectivity index (χ0v) is 16.8. The van der Waals surface area contributed by atoms with Gasteiger partial charge in [-0.1, -0.05) is 41.6 Å². The number of benzene rings is 2. The molecule has 0 unspecified atom stereocenters. The molecule has 1 N–H and O–H groups in total. The van der Waals surface area contributed by atoms with Crippen molar-refractivity contribution in [3.63, 3.8) is 0 Å². The molecule has 0 fully saturated rings. The summed E-state index contributed by atoms with van der Waals surface area (Å²) in [5.41, 5.74) is 0.0232. The van der Waals surface area contributed by atoms with E-state index in [9.17, 15) is 14.9 Å². The van der Waals surface area contributed by atoms with Gasteiger partial charge in [0.05, 0.1) is 21.4 Å². The third kappa shape index (κ3) is 5.46. The predicted molar refractivity (Wildman–Crippen MR) is 109 cm³/mol. The molecule has 1 heterocycles. The van der Waals surface area contributed by atoms with Crippen molar-refractivity contribution < 1.29 is 14.5 Å². The van der Waals surface area contributed by atoms with Crippen molar-refractivity contribution >= 4 is 40.6 Å². The number of carbonyl (C=O) groups is 1. The number of nitrogens with zero attached hydrogens (tertiary/aromatic N) is 4. The smallest absolute Gasteiger partial charge is 0.271 e. The summed E-state index contributed by atoms with van der Waals surface area (Å²) in [5.74, 6) is 0.990. The summed E-state index contributed by atoms with van der Waals surface area (Å²) in [7, 11) is 1.78. The molecule has 2 aromatic carbocycles. The van der Waals surface area contributed by atoms with E-state index in [1.54, 1.807) is 11.6 Å². The number of nitrogens with one attached hydrogen (secondary N) is 1. The minimum absolute atomic E-state index is 0.0323. The fourth-order valence-electron chi connectivity index (χ4n) is 2.30. The molecule has 3 aromatic rings.